The first kappa shape index (κ1) is 16.4. The van der Waals surface area contributed by atoms with Gasteiger partial charge < -0.3 is 5.32 Å². The van der Waals surface area contributed by atoms with Gasteiger partial charge in [-0.2, -0.15) is 0 Å². The molecule has 3 heteroatoms. The standard InChI is InChI=1S/C18H29FN2/c1-13(2)10-17-12-21(9-5-8-20-17)15(4)16-7-6-14(3)18(19)11-16/h6-7,11,13,15,17,20H,5,8-10,12H2,1-4H3. The second-order valence-corrected chi connectivity index (χ2v) is 6.81. The lowest BCUT2D eigenvalue weighted by molar-refractivity contribution is 0.199. The second kappa shape index (κ2) is 7.37. The minimum Gasteiger partial charge on any atom is -0.313 e. The monoisotopic (exact) mass is 292 g/mol. The first-order valence-corrected chi connectivity index (χ1v) is 8.21. The van der Waals surface area contributed by atoms with Crippen molar-refractivity contribution in [3.63, 3.8) is 0 Å². The van der Waals surface area contributed by atoms with Crippen molar-refractivity contribution in [1.82, 2.24) is 10.2 Å². The highest BCUT2D eigenvalue weighted by Crippen LogP contribution is 2.24. The minimum absolute atomic E-state index is 0.0916. The molecule has 1 aromatic rings. The Labute approximate surface area is 128 Å². The van der Waals surface area contributed by atoms with Gasteiger partial charge in [0.2, 0.25) is 0 Å². The summed E-state index contributed by atoms with van der Waals surface area (Å²) in [5.74, 6) is 0.612. The Morgan fingerprint density at radius 1 is 1.33 bits per heavy atom. The summed E-state index contributed by atoms with van der Waals surface area (Å²) in [4.78, 5) is 2.50. The average Bonchev–Trinajstić information content (AvgIpc) is 2.66. The van der Waals surface area contributed by atoms with E-state index in [0.29, 0.717) is 12.0 Å². The molecular weight excluding hydrogens is 263 g/mol. The maximum atomic E-state index is 13.8. The predicted octanol–water partition coefficient (Wildman–Crippen LogP) is 3.91. The summed E-state index contributed by atoms with van der Waals surface area (Å²) >= 11 is 0. The third kappa shape index (κ3) is 4.52. The summed E-state index contributed by atoms with van der Waals surface area (Å²) in [6, 6.07) is 6.48. The molecule has 2 nitrogen and oxygen atoms in total. The summed E-state index contributed by atoms with van der Waals surface area (Å²) in [5, 5.41) is 3.65. The summed E-state index contributed by atoms with van der Waals surface area (Å²) in [7, 11) is 0. The molecule has 1 aromatic carbocycles. The summed E-state index contributed by atoms with van der Waals surface area (Å²) < 4.78 is 13.8. The topological polar surface area (TPSA) is 15.3 Å². The quantitative estimate of drug-likeness (QED) is 0.905. The van der Waals surface area contributed by atoms with Crippen molar-refractivity contribution in [2.45, 2.75) is 52.6 Å². The Morgan fingerprint density at radius 2 is 2.10 bits per heavy atom. The van der Waals surface area contributed by atoms with Crippen LogP contribution in [0.2, 0.25) is 0 Å². The maximum absolute atomic E-state index is 13.8. The molecule has 1 fully saturated rings. The van der Waals surface area contributed by atoms with Gasteiger partial charge >= 0.3 is 0 Å². The largest absolute Gasteiger partial charge is 0.313 e. The van der Waals surface area contributed by atoms with E-state index in [0.717, 1.165) is 37.2 Å². The molecule has 2 rings (SSSR count). The fourth-order valence-corrected chi connectivity index (χ4v) is 3.19. The van der Waals surface area contributed by atoms with Gasteiger partial charge in [0.05, 0.1) is 0 Å². The number of nitrogens with zero attached hydrogens (tertiary/aromatic N) is 1. The molecule has 0 amide bonds. The van der Waals surface area contributed by atoms with Crippen LogP contribution in [0.25, 0.3) is 0 Å². The van der Waals surface area contributed by atoms with E-state index in [4.69, 9.17) is 0 Å². The number of rotatable bonds is 4. The molecule has 1 heterocycles. The van der Waals surface area contributed by atoms with Gasteiger partial charge in [0, 0.05) is 25.2 Å². The SMILES string of the molecule is Cc1ccc(C(C)N2CCCNC(CC(C)C)C2)cc1F. The lowest BCUT2D eigenvalue weighted by Crippen LogP contribution is -2.39. The Bertz CT molecular complexity index is 459. The van der Waals surface area contributed by atoms with Crippen molar-refractivity contribution in [1.29, 1.82) is 0 Å². The normalized spacial score (nSPS) is 22.3. The van der Waals surface area contributed by atoms with Crippen molar-refractivity contribution < 1.29 is 4.39 Å². The molecule has 118 valence electrons. The first-order valence-electron chi connectivity index (χ1n) is 8.21. The Morgan fingerprint density at radius 3 is 2.76 bits per heavy atom. The molecule has 0 radical (unpaired) electrons. The highest BCUT2D eigenvalue weighted by molar-refractivity contribution is 5.25. The van der Waals surface area contributed by atoms with E-state index in [-0.39, 0.29) is 11.9 Å². The molecule has 1 saturated heterocycles. The maximum Gasteiger partial charge on any atom is 0.126 e. The number of hydrogen-bond donors (Lipinski definition) is 1. The van der Waals surface area contributed by atoms with E-state index in [9.17, 15) is 4.39 Å². The zero-order valence-electron chi connectivity index (χ0n) is 13.8. The van der Waals surface area contributed by atoms with Crippen molar-refractivity contribution in [3.8, 4) is 0 Å². The second-order valence-electron chi connectivity index (χ2n) is 6.81. The number of hydrogen-bond acceptors (Lipinski definition) is 2. The van der Waals surface area contributed by atoms with Crippen molar-refractivity contribution in [2.24, 2.45) is 5.92 Å². The number of nitrogens with one attached hydrogen (secondary N) is 1. The van der Waals surface area contributed by atoms with E-state index in [2.05, 4.69) is 37.1 Å². The first-order chi connectivity index (χ1) is 9.97. The van der Waals surface area contributed by atoms with Crippen LogP contribution >= 0.6 is 0 Å². The predicted molar refractivity (Wildman–Crippen MR) is 87.0 cm³/mol. The van der Waals surface area contributed by atoms with Crippen LogP contribution < -0.4 is 5.32 Å². The van der Waals surface area contributed by atoms with E-state index < -0.39 is 0 Å². The highest BCUT2D eigenvalue weighted by Gasteiger charge is 2.23. The highest BCUT2D eigenvalue weighted by atomic mass is 19.1. The van der Waals surface area contributed by atoms with Gasteiger partial charge in [0.25, 0.3) is 0 Å². The van der Waals surface area contributed by atoms with Crippen molar-refractivity contribution in [2.75, 3.05) is 19.6 Å². The molecule has 0 aromatic heterocycles. The van der Waals surface area contributed by atoms with Crippen molar-refractivity contribution in [3.05, 3.63) is 35.1 Å². The van der Waals surface area contributed by atoms with Crippen LogP contribution in [0.4, 0.5) is 4.39 Å². The Kier molecular flexibility index (Phi) is 5.77. The lowest BCUT2D eigenvalue weighted by atomic mass is 10.0. The molecule has 0 spiro atoms. The van der Waals surface area contributed by atoms with Crippen LogP contribution in [0.5, 0.6) is 0 Å². The summed E-state index contributed by atoms with van der Waals surface area (Å²) in [6.45, 7) is 11.8. The third-order valence-corrected chi connectivity index (χ3v) is 4.49. The smallest absolute Gasteiger partial charge is 0.126 e. The number of aryl methyl sites for hydroxylation is 1. The van der Waals surface area contributed by atoms with E-state index in [1.807, 2.05) is 13.0 Å². The zero-order chi connectivity index (χ0) is 15.4. The molecule has 0 saturated carbocycles. The minimum atomic E-state index is -0.0916. The van der Waals surface area contributed by atoms with Crippen molar-refractivity contribution >= 4 is 0 Å². The van der Waals surface area contributed by atoms with Crippen LogP contribution in [0, 0.1) is 18.7 Å². The molecule has 2 atom stereocenters. The third-order valence-electron chi connectivity index (χ3n) is 4.49. The Hall–Kier alpha value is -0.930. The van der Waals surface area contributed by atoms with Gasteiger partial charge in [-0.05, 0) is 56.3 Å². The average molecular weight is 292 g/mol. The van der Waals surface area contributed by atoms with Crippen LogP contribution in [-0.2, 0) is 0 Å². The van der Waals surface area contributed by atoms with Gasteiger partial charge in [-0.15, -0.1) is 0 Å². The van der Waals surface area contributed by atoms with Gasteiger partial charge in [0.15, 0.2) is 0 Å². The molecule has 1 N–H and O–H groups in total. The van der Waals surface area contributed by atoms with Gasteiger partial charge in [-0.25, -0.2) is 4.39 Å². The molecule has 0 bridgehead atoms. The van der Waals surface area contributed by atoms with Gasteiger partial charge in [-0.3, -0.25) is 4.90 Å². The van der Waals surface area contributed by atoms with Crippen LogP contribution in [0.3, 0.4) is 0 Å². The van der Waals surface area contributed by atoms with Crippen LogP contribution in [0.1, 0.15) is 50.8 Å². The van der Waals surface area contributed by atoms with E-state index in [1.54, 1.807) is 6.07 Å². The van der Waals surface area contributed by atoms with Crippen LogP contribution in [-0.4, -0.2) is 30.6 Å². The van der Waals surface area contributed by atoms with Crippen LogP contribution in [0.15, 0.2) is 18.2 Å². The molecule has 0 aliphatic carbocycles. The fourth-order valence-electron chi connectivity index (χ4n) is 3.19. The van der Waals surface area contributed by atoms with E-state index in [1.165, 1.54) is 6.42 Å². The fraction of sp³-hybridized carbons (Fsp3) is 0.667. The summed E-state index contributed by atoms with van der Waals surface area (Å²) in [6.07, 6.45) is 2.36. The molecular formula is C18H29FN2. The molecule has 2 unspecified atom stereocenters. The molecule has 1 aliphatic heterocycles. The Balaban J connectivity index is 2.08. The van der Waals surface area contributed by atoms with Gasteiger partial charge in [-0.1, -0.05) is 26.0 Å². The van der Waals surface area contributed by atoms with E-state index >= 15 is 0 Å². The van der Waals surface area contributed by atoms with Gasteiger partial charge in [0.1, 0.15) is 5.82 Å². The summed E-state index contributed by atoms with van der Waals surface area (Å²) in [5.41, 5.74) is 1.81. The lowest BCUT2D eigenvalue weighted by Gasteiger charge is -2.31. The number of benzene rings is 1. The number of halogens is 1. The molecule has 1 aliphatic rings. The zero-order valence-corrected chi connectivity index (χ0v) is 13.8. The molecule has 21 heavy (non-hydrogen) atoms.